The van der Waals surface area contributed by atoms with Gasteiger partial charge in [0.05, 0.1) is 0 Å². The van der Waals surface area contributed by atoms with Crippen molar-refractivity contribution >= 4 is 0 Å². The van der Waals surface area contributed by atoms with Crippen LogP contribution in [-0.4, -0.2) is 110 Å². The summed E-state index contributed by atoms with van der Waals surface area (Å²) in [5, 5.41) is 16.9. The first kappa shape index (κ1) is 24.6. The van der Waals surface area contributed by atoms with Gasteiger partial charge in [-0.3, -0.25) is 4.90 Å². The predicted octanol–water partition coefficient (Wildman–Crippen LogP) is -3.89. The summed E-state index contributed by atoms with van der Waals surface area (Å²) in [6, 6.07) is 0. The van der Waals surface area contributed by atoms with Gasteiger partial charge in [-0.2, -0.15) is 0 Å². The Kier molecular flexibility index (Phi) is 21.4. The van der Waals surface area contributed by atoms with E-state index in [9.17, 15) is 0 Å². The highest BCUT2D eigenvalue weighted by molar-refractivity contribution is 4.65. The fourth-order valence-corrected chi connectivity index (χ4v) is 2.33. The van der Waals surface area contributed by atoms with Gasteiger partial charge in [0.25, 0.3) is 0 Å². The molecule has 0 aliphatic carbocycles. The molecular weight excluding hydrogens is 318 g/mol. The molecule has 0 rings (SSSR count). The Balaban J connectivity index is 3.59. The van der Waals surface area contributed by atoms with E-state index in [-0.39, 0.29) is 0 Å². The Morgan fingerprint density at radius 3 is 1.04 bits per heavy atom. The SMILES string of the molecule is NCCNCCNCCNCCN(CCNCCN)CCNCCN. The molecule has 0 aromatic heterocycles. The number of nitrogens with zero attached hydrogens (tertiary/aromatic N) is 1. The molecule has 152 valence electrons. The van der Waals surface area contributed by atoms with E-state index in [1.165, 1.54) is 0 Å². The third kappa shape index (κ3) is 19.8. The number of nitrogens with two attached hydrogens (primary N) is 3. The molecule has 0 aliphatic heterocycles. The van der Waals surface area contributed by atoms with Crippen LogP contribution < -0.4 is 43.8 Å². The number of hydrogen-bond donors (Lipinski definition) is 8. The lowest BCUT2D eigenvalue weighted by Gasteiger charge is -2.23. The summed E-state index contributed by atoms with van der Waals surface area (Å²) in [6.07, 6.45) is 0. The van der Waals surface area contributed by atoms with Crippen LogP contribution in [0.15, 0.2) is 0 Å². The van der Waals surface area contributed by atoms with Gasteiger partial charge in [-0.25, -0.2) is 0 Å². The molecule has 0 saturated heterocycles. The van der Waals surface area contributed by atoms with Crippen molar-refractivity contribution in [2.45, 2.75) is 0 Å². The third-order valence-electron chi connectivity index (χ3n) is 3.73. The Labute approximate surface area is 154 Å². The molecule has 0 spiro atoms. The van der Waals surface area contributed by atoms with Crippen LogP contribution in [0.2, 0.25) is 0 Å². The minimum absolute atomic E-state index is 0.689. The van der Waals surface area contributed by atoms with Gasteiger partial charge < -0.3 is 43.8 Å². The van der Waals surface area contributed by atoms with Gasteiger partial charge >= 0.3 is 0 Å². The quantitative estimate of drug-likeness (QED) is 0.0963. The fourth-order valence-electron chi connectivity index (χ4n) is 2.33. The predicted molar refractivity (Wildman–Crippen MR) is 108 cm³/mol. The smallest absolute Gasteiger partial charge is 0.0108 e. The van der Waals surface area contributed by atoms with E-state index in [4.69, 9.17) is 17.2 Å². The molecule has 0 fully saturated rings. The van der Waals surface area contributed by atoms with Crippen LogP contribution in [0.1, 0.15) is 0 Å². The molecule has 0 heterocycles. The van der Waals surface area contributed by atoms with Crippen molar-refractivity contribution in [3.8, 4) is 0 Å². The molecule has 0 saturated carbocycles. The largest absolute Gasteiger partial charge is 0.329 e. The van der Waals surface area contributed by atoms with Gasteiger partial charge in [0.1, 0.15) is 0 Å². The zero-order valence-electron chi connectivity index (χ0n) is 16.0. The van der Waals surface area contributed by atoms with Crippen LogP contribution >= 0.6 is 0 Å². The van der Waals surface area contributed by atoms with Crippen molar-refractivity contribution in [1.82, 2.24) is 31.5 Å². The summed E-state index contributed by atoms with van der Waals surface area (Å²) in [4.78, 5) is 2.46. The molecular formula is C16H43N9. The van der Waals surface area contributed by atoms with E-state index in [0.29, 0.717) is 19.6 Å². The molecule has 0 amide bonds. The summed E-state index contributed by atoms with van der Waals surface area (Å²) < 4.78 is 0. The third-order valence-corrected chi connectivity index (χ3v) is 3.73. The second kappa shape index (κ2) is 21.7. The molecule has 0 radical (unpaired) electrons. The van der Waals surface area contributed by atoms with Gasteiger partial charge in [-0.05, 0) is 0 Å². The van der Waals surface area contributed by atoms with E-state index in [1.54, 1.807) is 0 Å². The van der Waals surface area contributed by atoms with Crippen molar-refractivity contribution in [1.29, 1.82) is 0 Å². The van der Waals surface area contributed by atoms with Crippen LogP contribution in [0.5, 0.6) is 0 Å². The fraction of sp³-hybridized carbons (Fsp3) is 1.00. The maximum atomic E-state index is 5.51. The van der Waals surface area contributed by atoms with E-state index in [1.807, 2.05) is 0 Å². The monoisotopic (exact) mass is 361 g/mol. The van der Waals surface area contributed by atoms with Gasteiger partial charge in [-0.1, -0.05) is 0 Å². The Morgan fingerprint density at radius 2 is 0.680 bits per heavy atom. The molecule has 9 nitrogen and oxygen atoms in total. The molecule has 25 heavy (non-hydrogen) atoms. The topological polar surface area (TPSA) is 141 Å². The zero-order chi connectivity index (χ0) is 18.4. The molecule has 0 unspecified atom stereocenters. The second-order valence-corrected chi connectivity index (χ2v) is 5.96. The van der Waals surface area contributed by atoms with Gasteiger partial charge in [0.15, 0.2) is 0 Å². The highest BCUT2D eigenvalue weighted by Crippen LogP contribution is 1.85. The normalized spacial score (nSPS) is 11.5. The first-order chi connectivity index (χ1) is 12.3. The highest BCUT2D eigenvalue weighted by atomic mass is 15.2. The van der Waals surface area contributed by atoms with Gasteiger partial charge in [0.2, 0.25) is 0 Å². The molecule has 0 atom stereocenters. The summed E-state index contributed by atoms with van der Waals surface area (Å²) in [5.41, 5.74) is 16.4. The zero-order valence-corrected chi connectivity index (χ0v) is 16.0. The lowest BCUT2D eigenvalue weighted by molar-refractivity contribution is 0.273. The molecule has 9 heteroatoms. The van der Waals surface area contributed by atoms with Crippen LogP contribution in [0.4, 0.5) is 0 Å². The first-order valence-electron chi connectivity index (χ1n) is 9.71. The summed E-state index contributed by atoms with van der Waals surface area (Å²) in [5.74, 6) is 0. The molecule has 0 bridgehead atoms. The lowest BCUT2D eigenvalue weighted by atomic mass is 10.4. The van der Waals surface area contributed by atoms with Crippen LogP contribution in [0.3, 0.4) is 0 Å². The molecule has 0 aliphatic rings. The Hall–Kier alpha value is -0.360. The van der Waals surface area contributed by atoms with Crippen LogP contribution in [0, 0.1) is 0 Å². The molecule has 11 N–H and O–H groups in total. The van der Waals surface area contributed by atoms with E-state index >= 15 is 0 Å². The molecule has 0 aromatic rings. The van der Waals surface area contributed by atoms with Crippen molar-refractivity contribution in [2.75, 3.05) is 105 Å². The summed E-state index contributed by atoms with van der Waals surface area (Å²) >= 11 is 0. The minimum atomic E-state index is 0.689. The van der Waals surface area contributed by atoms with Crippen molar-refractivity contribution in [3.05, 3.63) is 0 Å². The number of hydrogen-bond acceptors (Lipinski definition) is 9. The summed E-state index contributed by atoms with van der Waals surface area (Å²) in [7, 11) is 0. The van der Waals surface area contributed by atoms with Crippen molar-refractivity contribution < 1.29 is 0 Å². The van der Waals surface area contributed by atoms with E-state index in [2.05, 4.69) is 31.5 Å². The van der Waals surface area contributed by atoms with Crippen LogP contribution in [-0.2, 0) is 0 Å². The van der Waals surface area contributed by atoms with Crippen molar-refractivity contribution in [3.63, 3.8) is 0 Å². The first-order valence-corrected chi connectivity index (χ1v) is 9.71. The minimum Gasteiger partial charge on any atom is -0.329 e. The number of rotatable bonds is 21. The number of nitrogens with one attached hydrogen (secondary N) is 5. The Morgan fingerprint density at radius 1 is 0.400 bits per heavy atom. The van der Waals surface area contributed by atoms with E-state index < -0.39 is 0 Å². The second-order valence-electron chi connectivity index (χ2n) is 5.96. The average molecular weight is 362 g/mol. The Bertz CT molecular complexity index is 232. The maximum absolute atomic E-state index is 5.51. The lowest BCUT2D eigenvalue weighted by Crippen LogP contribution is -2.42. The highest BCUT2D eigenvalue weighted by Gasteiger charge is 2.03. The van der Waals surface area contributed by atoms with Gasteiger partial charge in [0, 0.05) is 105 Å². The van der Waals surface area contributed by atoms with Crippen molar-refractivity contribution in [2.24, 2.45) is 17.2 Å². The summed E-state index contributed by atoms with van der Waals surface area (Å²) in [6.45, 7) is 14.7. The average Bonchev–Trinajstić information content (AvgIpc) is 2.63. The van der Waals surface area contributed by atoms with Crippen LogP contribution in [0.25, 0.3) is 0 Å². The van der Waals surface area contributed by atoms with E-state index in [0.717, 1.165) is 85.1 Å². The standard InChI is InChI=1S/C16H43N9/c17-1-4-20-7-8-23-9-10-24-13-16-25(14-11-21-5-2-18)15-12-22-6-3-19/h20-24H,1-19H2. The van der Waals surface area contributed by atoms with Gasteiger partial charge in [-0.15, -0.1) is 0 Å². The molecule has 0 aromatic carbocycles. The maximum Gasteiger partial charge on any atom is 0.0108 e.